The minimum absolute atomic E-state index is 0.0134. The minimum Gasteiger partial charge on any atom is -0.351 e. The second-order valence-corrected chi connectivity index (χ2v) is 10.5. The Morgan fingerprint density at radius 2 is 1.89 bits per heavy atom. The first-order valence-corrected chi connectivity index (χ1v) is 11.1. The number of hydrazine groups is 1. The molecule has 0 radical (unpaired) electrons. The van der Waals surface area contributed by atoms with Crippen molar-refractivity contribution in [3.63, 3.8) is 0 Å². The molecule has 9 heteroatoms. The SMILES string of the molecule is CC(C)(C)N/C(=N/C1NNC2CC(Cl)C(F)CC21)NC(=O)C1CCCC(Cl)C1. The fourth-order valence-corrected chi connectivity index (χ4v) is 4.92. The van der Waals surface area contributed by atoms with Gasteiger partial charge in [-0.1, -0.05) is 6.42 Å². The Labute approximate surface area is 176 Å². The van der Waals surface area contributed by atoms with E-state index in [4.69, 9.17) is 28.2 Å². The number of carbonyl (C=O) groups is 1. The van der Waals surface area contributed by atoms with E-state index in [1.54, 1.807) is 0 Å². The van der Waals surface area contributed by atoms with Gasteiger partial charge in [-0.05, 0) is 52.9 Å². The Balaban J connectivity index is 1.71. The van der Waals surface area contributed by atoms with E-state index in [1.165, 1.54) is 0 Å². The molecule has 160 valence electrons. The lowest BCUT2D eigenvalue weighted by molar-refractivity contribution is -0.124. The average Bonchev–Trinajstić information content (AvgIpc) is 2.95. The van der Waals surface area contributed by atoms with Gasteiger partial charge in [-0.25, -0.2) is 14.8 Å². The molecular weight excluding hydrogens is 404 g/mol. The second-order valence-electron chi connectivity index (χ2n) is 9.31. The smallest absolute Gasteiger partial charge is 0.229 e. The zero-order valence-corrected chi connectivity index (χ0v) is 18.3. The number of guanidine groups is 1. The van der Waals surface area contributed by atoms with Crippen LogP contribution in [0.3, 0.4) is 0 Å². The van der Waals surface area contributed by atoms with E-state index >= 15 is 0 Å². The highest BCUT2D eigenvalue weighted by atomic mass is 35.5. The molecule has 7 atom stereocenters. The molecule has 7 unspecified atom stereocenters. The van der Waals surface area contributed by atoms with Crippen molar-refractivity contribution in [3.8, 4) is 0 Å². The average molecular weight is 436 g/mol. The Kier molecular flexibility index (Phi) is 7.11. The van der Waals surface area contributed by atoms with Crippen LogP contribution in [0.5, 0.6) is 0 Å². The second kappa shape index (κ2) is 9.02. The van der Waals surface area contributed by atoms with Gasteiger partial charge in [-0.3, -0.25) is 15.5 Å². The lowest BCUT2D eigenvalue weighted by Gasteiger charge is -2.32. The quantitative estimate of drug-likeness (QED) is 0.305. The standard InChI is InChI=1S/C19H32Cl2FN5O/c1-19(2,3)25-18(24-17(28)10-5-4-6-11(20)7-10)23-16-12-8-14(22)13(21)9-15(12)26-27-16/h10-16,26-27H,4-9H2,1-3H3,(H2,23,24,25,28). The van der Waals surface area contributed by atoms with E-state index in [1.807, 2.05) is 20.8 Å². The molecule has 0 aromatic carbocycles. The molecule has 0 aromatic heterocycles. The molecule has 0 aromatic rings. The summed E-state index contributed by atoms with van der Waals surface area (Å²) in [5.74, 6) is 0.238. The fraction of sp³-hybridized carbons (Fsp3) is 0.895. The molecule has 3 aliphatic rings. The first-order chi connectivity index (χ1) is 13.1. The number of nitrogens with one attached hydrogen (secondary N) is 4. The van der Waals surface area contributed by atoms with E-state index < -0.39 is 11.5 Å². The van der Waals surface area contributed by atoms with Crippen LogP contribution in [0, 0.1) is 11.8 Å². The predicted octanol–water partition coefficient (Wildman–Crippen LogP) is 2.80. The van der Waals surface area contributed by atoms with Crippen molar-refractivity contribution >= 4 is 35.1 Å². The highest BCUT2D eigenvalue weighted by Crippen LogP contribution is 2.35. The maximum Gasteiger partial charge on any atom is 0.229 e. The molecule has 3 fully saturated rings. The number of amides is 1. The number of hydrogen-bond donors (Lipinski definition) is 4. The number of aliphatic imine (C=N–C) groups is 1. The minimum atomic E-state index is -1.04. The summed E-state index contributed by atoms with van der Waals surface area (Å²) >= 11 is 12.3. The van der Waals surface area contributed by atoms with Crippen molar-refractivity contribution in [3.05, 3.63) is 0 Å². The summed E-state index contributed by atoms with van der Waals surface area (Å²) in [5.41, 5.74) is 6.04. The summed E-state index contributed by atoms with van der Waals surface area (Å²) in [7, 11) is 0. The van der Waals surface area contributed by atoms with Gasteiger partial charge in [0.1, 0.15) is 12.3 Å². The molecule has 0 bridgehead atoms. The molecule has 2 aliphatic carbocycles. The van der Waals surface area contributed by atoms with Crippen LogP contribution >= 0.6 is 23.2 Å². The largest absolute Gasteiger partial charge is 0.351 e. The Morgan fingerprint density at radius 1 is 1.14 bits per heavy atom. The van der Waals surface area contributed by atoms with Crippen molar-refractivity contribution in [1.29, 1.82) is 0 Å². The van der Waals surface area contributed by atoms with E-state index in [9.17, 15) is 9.18 Å². The normalized spacial score (nSPS) is 39.4. The summed E-state index contributed by atoms with van der Waals surface area (Å²) in [5, 5.41) is 5.82. The molecule has 3 rings (SSSR count). The summed E-state index contributed by atoms with van der Waals surface area (Å²) in [6.45, 7) is 6.01. The molecule has 1 saturated heterocycles. The maximum atomic E-state index is 14.2. The number of fused-ring (bicyclic) bond motifs is 1. The molecule has 1 aliphatic heterocycles. The van der Waals surface area contributed by atoms with Crippen LogP contribution in [0.1, 0.15) is 59.3 Å². The zero-order valence-electron chi connectivity index (χ0n) is 16.8. The number of hydrogen-bond acceptors (Lipinski definition) is 4. The van der Waals surface area contributed by atoms with Crippen molar-refractivity contribution in [1.82, 2.24) is 21.5 Å². The van der Waals surface area contributed by atoms with E-state index in [0.29, 0.717) is 25.2 Å². The lowest BCUT2D eigenvalue weighted by atomic mass is 9.83. The third-order valence-electron chi connectivity index (χ3n) is 5.69. The number of nitrogens with zero attached hydrogens (tertiary/aromatic N) is 1. The number of rotatable bonds is 2. The zero-order chi connectivity index (χ0) is 20.5. The van der Waals surface area contributed by atoms with Gasteiger partial charge in [0.25, 0.3) is 0 Å². The first-order valence-electron chi connectivity index (χ1n) is 10.2. The number of halogens is 3. The summed E-state index contributed by atoms with van der Waals surface area (Å²) in [4.78, 5) is 17.5. The molecule has 1 heterocycles. The monoisotopic (exact) mass is 435 g/mol. The molecule has 4 N–H and O–H groups in total. The van der Waals surface area contributed by atoms with Crippen molar-refractivity contribution in [2.24, 2.45) is 16.8 Å². The highest BCUT2D eigenvalue weighted by molar-refractivity contribution is 6.21. The summed E-state index contributed by atoms with van der Waals surface area (Å²) in [6.07, 6.45) is 2.97. The summed E-state index contributed by atoms with van der Waals surface area (Å²) < 4.78 is 14.2. The van der Waals surface area contributed by atoms with Crippen molar-refractivity contribution in [2.45, 2.75) is 94.0 Å². The van der Waals surface area contributed by atoms with Crippen LogP contribution in [0.25, 0.3) is 0 Å². The third-order valence-corrected chi connectivity index (χ3v) is 6.54. The molecule has 0 spiro atoms. The third kappa shape index (κ3) is 5.71. The van der Waals surface area contributed by atoms with Crippen molar-refractivity contribution < 1.29 is 9.18 Å². The van der Waals surface area contributed by atoms with Gasteiger partial charge in [0, 0.05) is 28.8 Å². The maximum absolute atomic E-state index is 14.2. The van der Waals surface area contributed by atoms with Crippen LogP contribution < -0.4 is 21.5 Å². The van der Waals surface area contributed by atoms with Crippen LogP contribution in [-0.2, 0) is 4.79 Å². The van der Waals surface area contributed by atoms with Crippen LogP contribution in [-0.4, -0.2) is 46.5 Å². The number of carbonyl (C=O) groups excluding carboxylic acids is 1. The van der Waals surface area contributed by atoms with Gasteiger partial charge in [0.05, 0.1) is 5.38 Å². The van der Waals surface area contributed by atoms with E-state index in [-0.39, 0.29) is 40.9 Å². The van der Waals surface area contributed by atoms with Crippen LogP contribution in [0.4, 0.5) is 4.39 Å². The molecule has 28 heavy (non-hydrogen) atoms. The number of alkyl halides is 3. The van der Waals surface area contributed by atoms with Crippen molar-refractivity contribution in [2.75, 3.05) is 0 Å². The topological polar surface area (TPSA) is 77.6 Å². The predicted molar refractivity (Wildman–Crippen MR) is 111 cm³/mol. The van der Waals surface area contributed by atoms with Crippen LogP contribution in [0.2, 0.25) is 0 Å². The van der Waals surface area contributed by atoms with Gasteiger partial charge >= 0.3 is 0 Å². The highest BCUT2D eigenvalue weighted by Gasteiger charge is 2.44. The molecular formula is C19H32Cl2FN5O. The van der Waals surface area contributed by atoms with Gasteiger partial charge in [-0.15, -0.1) is 23.2 Å². The summed E-state index contributed by atoms with van der Waals surface area (Å²) in [6, 6.07) is 0.0742. The van der Waals surface area contributed by atoms with Gasteiger partial charge < -0.3 is 5.32 Å². The molecule has 6 nitrogen and oxygen atoms in total. The fourth-order valence-electron chi connectivity index (χ4n) is 4.26. The van der Waals surface area contributed by atoms with Crippen LogP contribution in [0.15, 0.2) is 4.99 Å². The molecule has 1 amide bonds. The Hall–Kier alpha value is -0.630. The Bertz CT molecular complexity index is 599. The van der Waals surface area contributed by atoms with E-state index in [2.05, 4.69) is 21.5 Å². The molecule has 2 saturated carbocycles. The van der Waals surface area contributed by atoms with Gasteiger partial charge in [-0.2, -0.15) is 0 Å². The van der Waals surface area contributed by atoms with E-state index in [0.717, 1.165) is 19.3 Å². The van der Waals surface area contributed by atoms with Gasteiger partial charge in [0.2, 0.25) is 5.91 Å². The first kappa shape index (κ1) is 22.1. The Morgan fingerprint density at radius 3 is 2.57 bits per heavy atom. The lowest BCUT2D eigenvalue weighted by Crippen LogP contribution is -2.52. The van der Waals surface area contributed by atoms with Gasteiger partial charge in [0.15, 0.2) is 5.96 Å².